The van der Waals surface area contributed by atoms with Crippen molar-refractivity contribution >= 4 is 39.4 Å². The quantitative estimate of drug-likeness (QED) is 0.263. The van der Waals surface area contributed by atoms with Crippen LogP contribution in [-0.4, -0.2) is 36.7 Å². The van der Waals surface area contributed by atoms with Gasteiger partial charge in [-0.05, 0) is 46.0 Å². The van der Waals surface area contributed by atoms with Crippen LogP contribution in [-0.2, 0) is 4.79 Å². The molecule has 0 spiro atoms. The van der Waals surface area contributed by atoms with Crippen molar-refractivity contribution in [3.63, 3.8) is 0 Å². The molecule has 0 saturated heterocycles. The first-order valence-corrected chi connectivity index (χ1v) is 11.2. The number of nitrogens with one attached hydrogen (secondary N) is 1. The van der Waals surface area contributed by atoms with E-state index in [0.717, 1.165) is 23.2 Å². The number of nitro benzene ring substituents is 1. The lowest BCUT2D eigenvalue weighted by Gasteiger charge is -2.29. The minimum Gasteiger partial charge on any atom is -0.483 e. The molecular weight excluding hydrogens is 476 g/mol. The first kappa shape index (κ1) is 25.3. The smallest absolute Gasteiger partial charge is 0.277 e. The Morgan fingerprint density at radius 1 is 1.19 bits per heavy atom. The van der Waals surface area contributed by atoms with Gasteiger partial charge in [-0.3, -0.25) is 14.9 Å². The molecule has 0 atom stereocenters. The molecule has 8 nitrogen and oxygen atoms in total. The molecule has 0 radical (unpaired) electrons. The number of hydrogen-bond donors (Lipinski definition) is 1. The zero-order valence-corrected chi connectivity index (χ0v) is 20.3. The number of amides is 1. The van der Waals surface area contributed by atoms with E-state index in [9.17, 15) is 14.9 Å². The Labute approximate surface area is 196 Å². The Morgan fingerprint density at radius 3 is 2.44 bits per heavy atom. The fourth-order valence-corrected chi connectivity index (χ4v) is 3.51. The second kappa shape index (κ2) is 12.2. The summed E-state index contributed by atoms with van der Waals surface area (Å²) in [6.07, 6.45) is 1.44. The van der Waals surface area contributed by atoms with Crippen molar-refractivity contribution in [2.24, 2.45) is 16.9 Å². The third kappa shape index (κ3) is 7.96. The molecule has 2 aromatic rings. The minimum atomic E-state index is -0.444. The molecule has 172 valence electrons. The van der Waals surface area contributed by atoms with Gasteiger partial charge in [0, 0.05) is 36.5 Å². The average molecular weight is 505 g/mol. The van der Waals surface area contributed by atoms with Gasteiger partial charge in [-0.1, -0.05) is 39.8 Å². The predicted octanol–water partition coefficient (Wildman–Crippen LogP) is 5.00. The molecule has 9 heteroatoms. The number of non-ortho nitro benzene ring substituents is 1. The van der Waals surface area contributed by atoms with E-state index in [2.05, 4.69) is 59.1 Å². The van der Waals surface area contributed by atoms with Crippen molar-refractivity contribution in [3.8, 4) is 5.75 Å². The maximum absolute atomic E-state index is 12.1. The van der Waals surface area contributed by atoms with E-state index in [1.165, 1.54) is 18.3 Å². The van der Waals surface area contributed by atoms with Crippen molar-refractivity contribution in [1.29, 1.82) is 0 Å². The van der Waals surface area contributed by atoms with E-state index < -0.39 is 10.8 Å². The Bertz CT molecular complexity index is 953. The van der Waals surface area contributed by atoms with E-state index >= 15 is 0 Å². The molecule has 0 aliphatic carbocycles. The highest BCUT2D eigenvalue weighted by Gasteiger charge is 2.17. The first-order valence-electron chi connectivity index (χ1n) is 10.4. The van der Waals surface area contributed by atoms with Crippen molar-refractivity contribution in [1.82, 2.24) is 5.43 Å². The van der Waals surface area contributed by atoms with Gasteiger partial charge in [0.1, 0.15) is 5.75 Å². The van der Waals surface area contributed by atoms with Crippen LogP contribution in [0.4, 0.5) is 11.4 Å². The summed E-state index contributed by atoms with van der Waals surface area (Å²) in [6.45, 7) is 9.87. The van der Waals surface area contributed by atoms with Crippen LogP contribution in [0.1, 0.15) is 33.3 Å². The minimum absolute atomic E-state index is 0.0344. The zero-order chi connectivity index (χ0) is 23.7. The molecule has 0 fully saturated rings. The molecule has 0 bridgehead atoms. The Balaban J connectivity index is 2.17. The summed E-state index contributed by atoms with van der Waals surface area (Å²) >= 11 is 3.36. The number of ether oxygens (including phenoxy) is 1. The SMILES string of the molecule is CC(C)CN(CC(C)C)c1ccc([N+](=O)[O-])cc1/C=N/NC(=O)COc1ccccc1Br. The van der Waals surface area contributed by atoms with Crippen molar-refractivity contribution in [3.05, 3.63) is 62.6 Å². The molecular formula is C23H29BrN4O4. The average Bonchev–Trinajstić information content (AvgIpc) is 2.72. The monoisotopic (exact) mass is 504 g/mol. The summed E-state index contributed by atoms with van der Waals surface area (Å²) < 4.78 is 6.21. The fourth-order valence-electron chi connectivity index (χ4n) is 3.11. The lowest BCUT2D eigenvalue weighted by Crippen LogP contribution is -2.32. The summed E-state index contributed by atoms with van der Waals surface area (Å²) in [4.78, 5) is 25.1. The number of nitrogens with zero attached hydrogens (tertiary/aromatic N) is 3. The maximum atomic E-state index is 12.1. The molecule has 0 saturated carbocycles. The Hall–Kier alpha value is -2.94. The van der Waals surface area contributed by atoms with Crippen LogP contribution in [0.2, 0.25) is 0 Å². The van der Waals surface area contributed by atoms with Crippen LogP contribution >= 0.6 is 15.9 Å². The van der Waals surface area contributed by atoms with Gasteiger partial charge >= 0.3 is 0 Å². The third-order valence-corrected chi connectivity index (χ3v) is 4.98. The number of nitro groups is 1. The molecule has 2 aromatic carbocycles. The van der Waals surface area contributed by atoms with Gasteiger partial charge in [-0.25, -0.2) is 5.43 Å². The lowest BCUT2D eigenvalue weighted by atomic mass is 10.1. The third-order valence-electron chi connectivity index (χ3n) is 4.32. The summed E-state index contributed by atoms with van der Waals surface area (Å²) in [5, 5.41) is 15.3. The summed E-state index contributed by atoms with van der Waals surface area (Å²) in [5.41, 5.74) is 3.78. The number of anilines is 1. The standard InChI is InChI=1S/C23H29BrN4O4/c1-16(2)13-27(14-17(3)4)21-10-9-19(28(30)31)11-18(21)12-25-26-23(29)15-32-22-8-6-5-7-20(22)24/h5-12,16-17H,13-15H2,1-4H3,(H,26,29)/b25-12+. The van der Waals surface area contributed by atoms with Gasteiger partial charge in [0.25, 0.3) is 11.6 Å². The molecule has 2 rings (SSSR count). The molecule has 32 heavy (non-hydrogen) atoms. The van der Waals surface area contributed by atoms with Gasteiger partial charge < -0.3 is 9.64 Å². The normalized spacial score (nSPS) is 11.2. The molecule has 0 aliphatic heterocycles. The summed E-state index contributed by atoms with van der Waals surface area (Å²) in [7, 11) is 0. The van der Waals surface area contributed by atoms with Gasteiger partial charge in [-0.2, -0.15) is 5.10 Å². The summed E-state index contributed by atoms with van der Waals surface area (Å²) in [5.74, 6) is 0.918. The highest BCUT2D eigenvalue weighted by atomic mass is 79.9. The van der Waals surface area contributed by atoms with Crippen LogP contribution in [0.3, 0.4) is 0 Å². The van der Waals surface area contributed by atoms with Crippen molar-refractivity contribution < 1.29 is 14.5 Å². The molecule has 0 aromatic heterocycles. The Kier molecular flexibility index (Phi) is 9.64. The molecule has 0 aliphatic rings. The second-order valence-electron chi connectivity index (χ2n) is 8.21. The number of para-hydroxylation sites is 1. The molecule has 1 N–H and O–H groups in total. The topological polar surface area (TPSA) is 97.1 Å². The number of carbonyl (C=O) groups excluding carboxylic acids is 1. The molecule has 0 unspecified atom stereocenters. The largest absolute Gasteiger partial charge is 0.483 e. The number of benzene rings is 2. The van der Waals surface area contributed by atoms with Crippen molar-refractivity contribution in [2.75, 3.05) is 24.6 Å². The number of halogens is 1. The van der Waals surface area contributed by atoms with E-state index in [0.29, 0.717) is 23.1 Å². The molecule has 1 amide bonds. The van der Waals surface area contributed by atoms with Gasteiger partial charge in [-0.15, -0.1) is 0 Å². The van der Waals surface area contributed by atoms with Crippen LogP contribution in [0.5, 0.6) is 5.75 Å². The molecule has 0 heterocycles. The van der Waals surface area contributed by atoms with E-state index in [4.69, 9.17) is 4.74 Å². The van der Waals surface area contributed by atoms with Gasteiger partial charge in [0.2, 0.25) is 0 Å². The van der Waals surface area contributed by atoms with Gasteiger partial charge in [0.05, 0.1) is 15.6 Å². The predicted molar refractivity (Wildman–Crippen MR) is 130 cm³/mol. The fraction of sp³-hybridized carbons (Fsp3) is 0.391. The highest BCUT2D eigenvalue weighted by molar-refractivity contribution is 9.10. The lowest BCUT2D eigenvalue weighted by molar-refractivity contribution is -0.384. The van der Waals surface area contributed by atoms with E-state index in [-0.39, 0.29) is 12.3 Å². The highest BCUT2D eigenvalue weighted by Crippen LogP contribution is 2.26. The van der Waals surface area contributed by atoms with Crippen LogP contribution in [0.25, 0.3) is 0 Å². The first-order chi connectivity index (χ1) is 15.2. The number of hydrazone groups is 1. The second-order valence-corrected chi connectivity index (χ2v) is 9.06. The Morgan fingerprint density at radius 2 is 1.84 bits per heavy atom. The number of rotatable bonds is 11. The summed E-state index contributed by atoms with van der Waals surface area (Å²) in [6, 6.07) is 11.9. The van der Waals surface area contributed by atoms with Crippen molar-refractivity contribution in [2.45, 2.75) is 27.7 Å². The maximum Gasteiger partial charge on any atom is 0.277 e. The van der Waals surface area contributed by atoms with Crippen LogP contribution in [0.15, 0.2) is 52.0 Å². The number of carbonyl (C=O) groups is 1. The van der Waals surface area contributed by atoms with Crippen LogP contribution < -0.4 is 15.1 Å². The zero-order valence-electron chi connectivity index (χ0n) is 18.7. The van der Waals surface area contributed by atoms with E-state index in [1.54, 1.807) is 18.2 Å². The van der Waals surface area contributed by atoms with Gasteiger partial charge in [0.15, 0.2) is 6.61 Å². The number of hydrogen-bond acceptors (Lipinski definition) is 6. The van der Waals surface area contributed by atoms with Crippen LogP contribution in [0, 0.1) is 22.0 Å². The van der Waals surface area contributed by atoms with E-state index in [1.807, 2.05) is 12.1 Å².